The Bertz CT molecular complexity index is 611. The Morgan fingerprint density at radius 1 is 1.05 bits per heavy atom. The summed E-state index contributed by atoms with van der Waals surface area (Å²) in [7, 11) is 0. The number of nitrogens with zero attached hydrogens (tertiary/aromatic N) is 3. The molecule has 0 spiro atoms. The summed E-state index contributed by atoms with van der Waals surface area (Å²) >= 11 is 0. The lowest BCUT2D eigenvalue weighted by molar-refractivity contribution is 0.199. The number of likely N-dealkylation sites (tertiary alicyclic amines) is 1. The topological polar surface area (TPSA) is 62.4 Å². The van der Waals surface area contributed by atoms with Crippen molar-refractivity contribution in [2.75, 3.05) is 13.1 Å². The van der Waals surface area contributed by atoms with Gasteiger partial charge >= 0.3 is 0 Å². The summed E-state index contributed by atoms with van der Waals surface area (Å²) in [4.78, 5) is 7.14. The molecule has 2 heterocycles. The van der Waals surface area contributed by atoms with E-state index in [0.29, 0.717) is 11.8 Å². The zero-order valence-corrected chi connectivity index (χ0v) is 11.9. The molecule has 1 aromatic heterocycles. The Hall–Kier alpha value is -1.88. The van der Waals surface area contributed by atoms with E-state index in [1.807, 2.05) is 0 Å². The number of hydrogen-bond acceptors (Lipinski definition) is 5. The molecule has 1 aliphatic carbocycles. The van der Waals surface area contributed by atoms with Gasteiger partial charge in [-0.3, -0.25) is 0 Å². The molecule has 110 valence electrons. The van der Waals surface area contributed by atoms with Crippen molar-refractivity contribution < 1.29 is 9.63 Å². The van der Waals surface area contributed by atoms with E-state index in [1.54, 1.807) is 24.3 Å². The second-order valence-corrected chi connectivity index (χ2v) is 6.05. The molecule has 0 bridgehead atoms. The first-order chi connectivity index (χ1) is 10.3. The van der Waals surface area contributed by atoms with E-state index in [4.69, 9.17) is 4.52 Å². The first-order valence-corrected chi connectivity index (χ1v) is 7.66. The van der Waals surface area contributed by atoms with Crippen LogP contribution in [-0.4, -0.2) is 39.3 Å². The lowest BCUT2D eigenvalue weighted by Crippen LogP contribution is -2.34. The van der Waals surface area contributed by atoms with Crippen LogP contribution in [-0.2, 0) is 0 Å². The van der Waals surface area contributed by atoms with Gasteiger partial charge in [-0.1, -0.05) is 5.16 Å². The summed E-state index contributed by atoms with van der Waals surface area (Å²) in [5.74, 6) is 2.02. The molecule has 1 saturated heterocycles. The predicted molar refractivity (Wildman–Crippen MR) is 78.0 cm³/mol. The highest BCUT2D eigenvalue weighted by molar-refractivity contribution is 5.54. The molecule has 1 saturated carbocycles. The Balaban J connectivity index is 1.45. The van der Waals surface area contributed by atoms with Crippen LogP contribution in [0.3, 0.4) is 0 Å². The van der Waals surface area contributed by atoms with Crippen LogP contribution in [0.5, 0.6) is 5.75 Å². The van der Waals surface area contributed by atoms with Crippen LogP contribution in [0.25, 0.3) is 11.5 Å². The van der Waals surface area contributed by atoms with Crippen LogP contribution in [0.1, 0.15) is 37.4 Å². The lowest BCUT2D eigenvalue weighted by Gasteiger charge is -2.30. The largest absolute Gasteiger partial charge is 0.508 e. The Labute approximate surface area is 123 Å². The second-order valence-electron chi connectivity index (χ2n) is 6.05. The van der Waals surface area contributed by atoms with Gasteiger partial charge in [0.1, 0.15) is 5.75 Å². The van der Waals surface area contributed by atoms with E-state index in [-0.39, 0.29) is 5.75 Å². The maximum atomic E-state index is 9.32. The summed E-state index contributed by atoms with van der Waals surface area (Å²) < 4.78 is 5.37. The minimum Gasteiger partial charge on any atom is -0.508 e. The summed E-state index contributed by atoms with van der Waals surface area (Å²) in [5, 5.41) is 13.5. The van der Waals surface area contributed by atoms with Gasteiger partial charge < -0.3 is 14.5 Å². The predicted octanol–water partition coefficient (Wildman–Crippen LogP) is 2.78. The summed E-state index contributed by atoms with van der Waals surface area (Å²) in [6.07, 6.45) is 4.98. The van der Waals surface area contributed by atoms with Crippen molar-refractivity contribution in [1.29, 1.82) is 0 Å². The molecule has 2 aliphatic rings. The number of phenols is 1. The van der Waals surface area contributed by atoms with Crippen molar-refractivity contribution in [2.45, 2.75) is 37.6 Å². The maximum Gasteiger partial charge on any atom is 0.257 e. The molecule has 0 radical (unpaired) electrons. The highest BCUT2D eigenvalue weighted by atomic mass is 16.5. The third-order valence-electron chi connectivity index (χ3n) is 4.51. The number of benzene rings is 1. The SMILES string of the molecule is Oc1ccc(-c2nc(C3CCN(C4CC4)CC3)no2)cc1. The molecule has 0 atom stereocenters. The van der Waals surface area contributed by atoms with Gasteiger partial charge in [0.25, 0.3) is 5.89 Å². The monoisotopic (exact) mass is 285 g/mol. The third-order valence-corrected chi connectivity index (χ3v) is 4.51. The van der Waals surface area contributed by atoms with Crippen LogP contribution in [0, 0.1) is 0 Å². The van der Waals surface area contributed by atoms with Crippen LogP contribution >= 0.6 is 0 Å². The van der Waals surface area contributed by atoms with E-state index in [1.165, 1.54) is 12.8 Å². The number of aromatic nitrogens is 2. The van der Waals surface area contributed by atoms with E-state index < -0.39 is 0 Å². The van der Waals surface area contributed by atoms with E-state index in [2.05, 4.69) is 15.0 Å². The highest BCUT2D eigenvalue weighted by Gasteiger charge is 2.33. The molecule has 1 aromatic carbocycles. The van der Waals surface area contributed by atoms with E-state index in [9.17, 15) is 5.11 Å². The van der Waals surface area contributed by atoms with Crippen LogP contribution < -0.4 is 0 Å². The molecule has 4 rings (SSSR count). The zero-order chi connectivity index (χ0) is 14.2. The van der Waals surface area contributed by atoms with Crippen molar-refractivity contribution in [2.24, 2.45) is 0 Å². The second kappa shape index (κ2) is 5.15. The molecule has 0 amide bonds. The normalized spacial score (nSPS) is 20.8. The number of rotatable bonds is 3. The minimum atomic E-state index is 0.242. The van der Waals surface area contributed by atoms with Crippen LogP contribution in [0.2, 0.25) is 0 Å². The summed E-state index contributed by atoms with van der Waals surface area (Å²) in [6.45, 7) is 2.30. The molecule has 21 heavy (non-hydrogen) atoms. The van der Waals surface area contributed by atoms with Gasteiger partial charge in [0.15, 0.2) is 5.82 Å². The molecule has 2 fully saturated rings. The fourth-order valence-electron chi connectivity index (χ4n) is 3.08. The number of hydrogen-bond donors (Lipinski definition) is 1. The smallest absolute Gasteiger partial charge is 0.257 e. The fraction of sp³-hybridized carbons (Fsp3) is 0.500. The van der Waals surface area contributed by atoms with Gasteiger partial charge in [-0.25, -0.2) is 0 Å². The Morgan fingerprint density at radius 3 is 2.43 bits per heavy atom. The summed E-state index contributed by atoms with van der Waals surface area (Å²) in [6, 6.07) is 7.70. The first kappa shape index (κ1) is 12.8. The minimum absolute atomic E-state index is 0.242. The van der Waals surface area contributed by atoms with Gasteiger partial charge in [0.2, 0.25) is 0 Å². The number of phenolic OH excluding ortho intramolecular Hbond substituents is 1. The van der Waals surface area contributed by atoms with Gasteiger partial charge in [-0.15, -0.1) is 0 Å². The quantitative estimate of drug-likeness (QED) is 0.939. The van der Waals surface area contributed by atoms with E-state index in [0.717, 1.165) is 43.4 Å². The standard InChI is InChI=1S/C16H19N3O2/c20-14-5-1-12(2-6-14)16-17-15(18-21-16)11-7-9-19(10-8-11)13-3-4-13/h1-2,5-6,11,13,20H,3-4,7-10H2. The van der Waals surface area contributed by atoms with Crippen LogP contribution in [0.4, 0.5) is 0 Å². The molecule has 2 aromatic rings. The third kappa shape index (κ3) is 2.65. The fourth-order valence-corrected chi connectivity index (χ4v) is 3.08. The van der Waals surface area contributed by atoms with Crippen molar-refractivity contribution >= 4 is 0 Å². The average molecular weight is 285 g/mol. The van der Waals surface area contributed by atoms with Gasteiger partial charge in [0.05, 0.1) is 0 Å². The molecule has 0 unspecified atom stereocenters. The lowest BCUT2D eigenvalue weighted by atomic mass is 9.96. The Morgan fingerprint density at radius 2 is 1.76 bits per heavy atom. The molecule has 1 aliphatic heterocycles. The molecular weight excluding hydrogens is 266 g/mol. The van der Waals surface area contributed by atoms with Crippen molar-refractivity contribution in [1.82, 2.24) is 15.0 Å². The van der Waals surface area contributed by atoms with E-state index >= 15 is 0 Å². The number of piperidine rings is 1. The summed E-state index contributed by atoms with van der Waals surface area (Å²) in [5.41, 5.74) is 0.849. The van der Waals surface area contributed by atoms with Gasteiger partial charge in [-0.05, 0) is 63.0 Å². The van der Waals surface area contributed by atoms with Crippen molar-refractivity contribution in [3.05, 3.63) is 30.1 Å². The maximum absolute atomic E-state index is 9.32. The van der Waals surface area contributed by atoms with Gasteiger partial charge in [0, 0.05) is 17.5 Å². The van der Waals surface area contributed by atoms with Crippen molar-refractivity contribution in [3.8, 4) is 17.2 Å². The van der Waals surface area contributed by atoms with Crippen molar-refractivity contribution in [3.63, 3.8) is 0 Å². The van der Waals surface area contributed by atoms with Gasteiger partial charge in [-0.2, -0.15) is 4.98 Å². The molecule has 5 nitrogen and oxygen atoms in total. The molecular formula is C16H19N3O2. The first-order valence-electron chi connectivity index (χ1n) is 7.66. The zero-order valence-electron chi connectivity index (χ0n) is 11.9. The average Bonchev–Trinajstić information content (AvgIpc) is 3.26. The molecule has 1 N–H and O–H groups in total. The highest BCUT2D eigenvalue weighted by Crippen LogP contribution is 2.34. The number of aromatic hydroxyl groups is 1. The molecule has 5 heteroatoms. The van der Waals surface area contributed by atoms with Crippen LogP contribution in [0.15, 0.2) is 28.8 Å². The Kier molecular flexibility index (Phi) is 3.15.